The number of aromatic nitrogens is 1. The van der Waals surface area contributed by atoms with E-state index in [4.69, 9.17) is 4.74 Å². The van der Waals surface area contributed by atoms with Crippen molar-refractivity contribution in [3.63, 3.8) is 0 Å². The summed E-state index contributed by atoms with van der Waals surface area (Å²) in [7, 11) is -1.91. The van der Waals surface area contributed by atoms with Crippen molar-refractivity contribution in [2.75, 3.05) is 19.5 Å². The molecule has 1 amide bonds. The minimum Gasteiger partial charge on any atom is -0.383 e. The quantitative estimate of drug-likeness (QED) is 0.355. The number of non-ortho nitro benzene ring substituents is 1. The number of carbonyl (C=O) groups excluding carboxylic acids is 1. The topological polar surface area (TPSA) is 121 Å². The van der Waals surface area contributed by atoms with Crippen molar-refractivity contribution in [3.8, 4) is 0 Å². The van der Waals surface area contributed by atoms with Crippen LogP contribution < -0.4 is 4.80 Å². The Morgan fingerprint density at radius 2 is 1.97 bits per heavy atom. The highest BCUT2D eigenvalue weighted by molar-refractivity contribution is 7.91. The van der Waals surface area contributed by atoms with Gasteiger partial charge in [0.1, 0.15) is 0 Å². The Bertz CT molecular complexity index is 1260. The summed E-state index contributed by atoms with van der Waals surface area (Å²) in [6.07, 6.45) is 0.124. The number of rotatable bonds is 9. The van der Waals surface area contributed by atoms with Crippen LogP contribution in [0.3, 0.4) is 0 Å². The molecular formula is C20H21N3O6S2. The fraction of sp³-hybridized carbons (Fsp3) is 0.300. The van der Waals surface area contributed by atoms with Gasteiger partial charge in [-0.05, 0) is 24.6 Å². The number of benzene rings is 2. The average Bonchev–Trinajstić information content (AvgIpc) is 3.08. The van der Waals surface area contributed by atoms with E-state index in [0.29, 0.717) is 28.2 Å². The van der Waals surface area contributed by atoms with Crippen molar-refractivity contribution in [3.05, 3.63) is 63.4 Å². The third-order valence-electron chi connectivity index (χ3n) is 4.52. The molecule has 1 heterocycles. The Morgan fingerprint density at radius 3 is 2.65 bits per heavy atom. The van der Waals surface area contributed by atoms with Crippen molar-refractivity contribution in [2.24, 2.45) is 4.99 Å². The Labute approximate surface area is 182 Å². The predicted octanol–water partition coefficient (Wildman–Crippen LogP) is 2.94. The molecule has 0 N–H and O–H groups in total. The van der Waals surface area contributed by atoms with Gasteiger partial charge < -0.3 is 9.30 Å². The fourth-order valence-corrected chi connectivity index (χ4v) is 5.42. The molecule has 0 aliphatic rings. The molecular weight excluding hydrogens is 442 g/mol. The molecule has 31 heavy (non-hydrogen) atoms. The molecule has 0 radical (unpaired) electrons. The molecule has 164 valence electrons. The van der Waals surface area contributed by atoms with Crippen molar-refractivity contribution in [1.82, 2.24) is 4.57 Å². The zero-order valence-corrected chi connectivity index (χ0v) is 18.4. The number of nitrogens with zero attached hydrogens (tertiary/aromatic N) is 3. The first kappa shape index (κ1) is 22.8. The van der Waals surface area contributed by atoms with Crippen LogP contribution in [0.5, 0.6) is 0 Å². The molecule has 0 bridgehead atoms. The Balaban J connectivity index is 1.80. The van der Waals surface area contributed by atoms with Gasteiger partial charge in [0.05, 0.1) is 32.4 Å². The second kappa shape index (κ2) is 9.94. The zero-order chi connectivity index (χ0) is 22.4. The van der Waals surface area contributed by atoms with E-state index in [0.717, 1.165) is 0 Å². The van der Waals surface area contributed by atoms with Gasteiger partial charge in [0.15, 0.2) is 14.6 Å². The van der Waals surface area contributed by atoms with E-state index < -0.39 is 20.7 Å². The monoisotopic (exact) mass is 463 g/mol. The molecule has 0 unspecified atom stereocenters. The van der Waals surface area contributed by atoms with E-state index in [-0.39, 0.29) is 29.2 Å². The van der Waals surface area contributed by atoms with Gasteiger partial charge in [0, 0.05) is 32.2 Å². The van der Waals surface area contributed by atoms with Crippen LogP contribution in [0.1, 0.15) is 12.8 Å². The summed E-state index contributed by atoms with van der Waals surface area (Å²) >= 11 is 1.17. The molecule has 0 spiro atoms. The summed E-state index contributed by atoms with van der Waals surface area (Å²) in [5.41, 5.74) is 0.669. The van der Waals surface area contributed by atoms with Crippen LogP contribution in [0.2, 0.25) is 0 Å². The Kier molecular flexibility index (Phi) is 7.31. The van der Waals surface area contributed by atoms with Crippen LogP contribution in [0.15, 0.2) is 58.4 Å². The number of ether oxygens (including phenoxy) is 1. The van der Waals surface area contributed by atoms with Gasteiger partial charge in [-0.2, -0.15) is 4.99 Å². The fourth-order valence-electron chi connectivity index (χ4n) is 2.98. The normalized spacial score (nSPS) is 12.4. The maximum atomic E-state index is 12.4. The maximum Gasteiger partial charge on any atom is 0.270 e. The van der Waals surface area contributed by atoms with Gasteiger partial charge in [-0.15, -0.1) is 0 Å². The first-order valence-corrected chi connectivity index (χ1v) is 11.9. The number of amides is 1. The highest BCUT2D eigenvalue weighted by Crippen LogP contribution is 2.23. The largest absolute Gasteiger partial charge is 0.383 e. The van der Waals surface area contributed by atoms with Gasteiger partial charge in [-0.3, -0.25) is 14.9 Å². The Hall–Kier alpha value is -2.89. The molecule has 0 aliphatic heterocycles. The van der Waals surface area contributed by atoms with Crippen LogP contribution in [-0.4, -0.2) is 43.3 Å². The van der Waals surface area contributed by atoms with Gasteiger partial charge in [0.2, 0.25) is 5.91 Å². The maximum absolute atomic E-state index is 12.4. The average molecular weight is 464 g/mol. The van der Waals surface area contributed by atoms with E-state index in [2.05, 4.69) is 4.99 Å². The number of carbonyl (C=O) groups is 1. The minimum atomic E-state index is -3.46. The van der Waals surface area contributed by atoms with Gasteiger partial charge in [-0.1, -0.05) is 29.5 Å². The lowest BCUT2D eigenvalue weighted by Crippen LogP contribution is -2.19. The number of thiazole rings is 1. The first-order valence-electron chi connectivity index (χ1n) is 9.44. The number of fused-ring (bicyclic) bond motifs is 1. The summed E-state index contributed by atoms with van der Waals surface area (Å²) in [5.74, 6) is -0.601. The molecule has 2 aromatic carbocycles. The lowest BCUT2D eigenvalue weighted by molar-refractivity contribution is -0.384. The first-order chi connectivity index (χ1) is 14.8. The lowest BCUT2D eigenvalue weighted by atomic mass is 10.3. The molecule has 3 aromatic rings. The third-order valence-corrected chi connectivity index (χ3v) is 7.38. The molecule has 0 saturated heterocycles. The van der Waals surface area contributed by atoms with E-state index in [9.17, 15) is 23.3 Å². The third kappa shape index (κ3) is 5.63. The highest BCUT2D eigenvalue weighted by atomic mass is 32.2. The molecule has 3 rings (SSSR count). The molecule has 9 nitrogen and oxygen atoms in total. The van der Waals surface area contributed by atoms with Crippen LogP contribution >= 0.6 is 11.3 Å². The lowest BCUT2D eigenvalue weighted by Gasteiger charge is -2.04. The van der Waals surface area contributed by atoms with Gasteiger partial charge in [0.25, 0.3) is 5.69 Å². The second-order valence-electron chi connectivity index (χ2n) is 6.68. The van der Waals surface area contributed by atoms with Crippen LogP contribution in [0, 0.1) is 10.1 Å². The number of sulfone groups is 1. The minimum absolute atomic E-state index is 0.0231. The van der Waals surface area contributed by atoms with E-state index in [1.165, 1.54) is 35.6 Å². The highest BCUT2D eigenvalue weighted by Gasteiger charge is 2.15. The SMILES string of the molecule is COCCn1c(=NC(=O)CCCS(=O)(=O)c2ccccc2)sc2cc([N+](=O)[O-])ccc21. The van der Waals surface area contributed by atoms with E-state index in [1.807, 2.05) is 0 Å². The second-order valence-corrected chi connectivity index (χ2v) is 9.80. The van der Waals surface area contributed by atoms with Crippen molar-refractivity contribution in [1.29, 1.82) is 0 Å². The summed E-state index contributed by atoms with van der Waals surface area (Å²) in [6, 6.07) is 12.6. The standard InChI is InChI=1S/C20H21N3O6S2/c1-29-12-11-22-17-10-9-15(23(25)26)14-18(17)30-20(22)21-19(24)8-5-13-31(27,28)16-6-3-2-4-7-16/h2-4,6-7,9-10,14H,5,8,11-13H2,1H3. The van der Waals surface area contributed by atoms with Crippen LogP contribution in [-0.2, 0) is 25.9 Å². The molecule has 0 saturated carbocycles. The molecule has 0 fully saturated rings. The Morgan fingerprint density at radius 1 is 1.23 bits per heavy atom. The molecule has 0 aliphatic carbocycles. The van der Waals surface area contributed by atoms with Gasteiger partial charge >= 0.3 is 0 Å². The van der Waals surface area contributed by atoms with Crippen LogP contribution in [0.25, 0.3) is 10.2 Å². The summed E-state index contributed by atoms with van der Waals surface area (Å²) in [6.45, 7) is 0.794. The predicted molar refractivity (Wildman–Crippen MR) is 117 cm³/mol. The number of nitro benzene ring substituents is 1. The molecule has 11 heteroatoms. The summed E-state index contributed by atoms with van der Waals surface area (Å²) in [5, 5.41) is 11.0. The van der Waals surface area contributed by atoms with Gasteiger partial charge in [-0.25, -0.2) is 8.42 Å². The number of nitro groups is 1. The summed E-state index contributed by atoms with van der Waals surface area (Å²) < 4.78 is 32.2. The van der Waals surface area contributed by atoms with Crippen molar-refractivity contribution in [2.45, 2.75) is 24.3 Å². The number of hydrogen-bond donors (Lipinski definition) is 0. The van der Waals surface area contributed by atoms with Crippen molar-refractivity contribution >= 4 is 43.0 Å². The van der Waals surface area contributed by atoms with E-state index >= 15 is 0 Å². The smallest absolute Gasteiger partial charge is 0.270 e. The molecule has 0 atom stereocenters. The zero-order valence-electron chi connectivity index (χ0n) is 16.8. The molecule has 1 aromatic heterocycles. The number of hydrogen-bond acceptors (Lipinski definition) is 7. The van der Waals surface area contributed by atoms with E-state index in [1.54, 1.807) is 35.9 Å². The van der Waals surface area contributed by atoms with Crippen LogP contribution in [0.4, 0.5) is 5.69 Å². The summed E-state index contributed by atoms with van der Waals surface area (Å²) in [4.78, 5) is 27.7. The number of methoxy groups -OCH3 is 1. The van der Waals surface area contributed by atoms with Crippen molar-refractivity contribution < 1.29 is 22.9 Å².